The van der Waals surface area contributed by atoms with Crippen molar-refractivity contribution in [2.75, 3.05) is 5.73 Å². The van der Waals surface area contributed by atoms with Crippen LogP contribution in [0.1, 0.15) is 44.1 Å². The average molecular weight is 270 g/mol. The molecule has 1 aromatic heterocycles. The van der Waals surface area contributed by atoms with Gasteiger partial charge in [0.05, 0.1) is 6.20 Å². The molecule has 4 saturated carbocycles. The molecule has 5 nitrogen and oxygen atoms in total. The molecule has 4 fully saturated rings. The summed E-state index contributed by atoms with van der Waals surface area (Å²) in [5, 5.41) is 8.86. The Kier molecular flexibility index (Phi) is 2.44. The highest BCUT2D eigenvalue weighted by Crippen LogP contribution is 2.56. The molecule has 1 heterocycles. The lowest BCUT2D eigenvalue weighted by atomic mass is 9.54. The third-order valence-electron chi connectivity index (χ3n) is 5.21. The molecule has 4 aliphatic carbocycles. The Morgan fingerprint density at radius 1 is 1.20 bits per heavy atom. The molecule has 20 heavy (non-hydrogen) atoms. The fraction of sp³-hybridized carbons (Fsp3) is 0.667. The van der Waals surface area contributed by atoms with Crippen LogP contribution in [0.15, 0.2) is 6.20 Å². The molecule has 0 aromatic carbocycles. The van der Waals surface area contributed by atoms with E-state index < -0.39 is 0 Å². The van der Waals surface area contributed by atoms with Gasteiger partial charge in [-0.05, 0) is 56.3 Å². The van der Waals surface area contributed by atoms with Gasteiger partial charge in [0.25, 0.3) is 0 Å². The molecular weight excluding hydrogens is 252 g/mol. The molecule has 0 saturated heterocycles. The minimum absolute atomic E-state index is 0.0741. The van der Waals surface area contributed by atoms with Gasteiger partial charge in [-0.2, -0.15) is 10.2 Å². The van der Waals surface area contributed by atoms with Crippen molar-refractivity contribution in [2.45, 2.75) is 44.1 Å². The van der Waals surface area contributed by atoms with Crippen molar-refractivity contribution in [3.8, 4) is 12.1 Å². The standard InChI is InChI=1S/C15H18N4O/c16-7-12-8-18-14(19-13(12)17)20-15-4-9-1-10(5-15)3-11(2-9)6-15/h8-11H,1-6H2,(H2,17,18,19). The summed E-state index contributed by atoms with van der Waals surface area (Å²) in [6.45, 7) is 0. The SMILES string of the molecule is N#Cc1cnc(OC23CC4CC(CC(C4)C2)C3)nc1N. The molecule has 0 unspecified atom stereocenters. The van der Waals surface area contributed by atoms with Gasteiger partial charge < -0.3 is 10.5 Å². The second-order valence-electron chi connectivity index (χ2n) is 6.77. The van der Waals surface area contributed by atoms with E-state index in [9.17, 15) is 0 Å². The summed E-state index contributed by atoms with van der Waals surface area (Å²) < 4.78 is 6.18. The maximum absolute atomic E-state index is 8.86. The maximum Gasteiger partial charge on any atom is 0.318 e. The first kappa shape index (κ1) is 12.0. The van der Waals surface area contributed by atoms with Crippen molar-refractivity contribution in [2.24, 2.45) is 17.8 Å². The Morgan fingerprint density at radius 3 is 2.30 bits per heavy atom. The third kappa shape index (κ3) is 1.82. The topological polar surface area (TPSA) is 84.8 Å². The van der Waals surface area contributed by atoms with E-state index in [-0.39, 0.29) is 11.4 Å². The number of aromatic nitrogens is 2. The first-order valence-electron chi connectivity index (χ1n) is 7.37. The molecule has 5 heteroatoms. The normalized spacial score (nSPS) is 37.6. The minimum atomic E-state index is -0.0741. The molecule has 0 atom stereocenters. The molecule has 0 amide bonds. The number of hydrogen-bond donors (Lipinski definition) is 1. The molecule has 2 N–H and O–H groups in total. The smallest absolute Gasteiger partial charge is 0.318 e. The number of nitrogen functional groups attached to an aromatic ring is 1. The summed E-state index contributed by atoms with van der Waals surface area (Å²) >= 11 is 0. The third-order valence-corrected chi connectivity index (χ3v) is 5.21. The van der Waals surface area contributed by atoms with Crippen LogP contribution in [0.4, 0.5) is 5.82 Å². The highest BCUT2D eigenvalue weighted by Gasteiger charge is 2.52. The van der Waals surface area contributed by atoms with Crippen molar-refractivity contribution < 1.29 is 4.74 Å². The van der Waals surface area contributed by atoms with E-state index in [1.165, 1.54) is 25.5 Å². The van der Waals surface area contributed by atoms with Crippen molar-refractivity contribution in [1.82, 2.24) is 9.97 Å². The molecule has 0 radical (unpaired) electrons. The van der Waals surface area contributed by atoms with Crippen LogP contribution in [0, 0.1) is 29.1 Å². The zero-order valence-electron chi connectivity index (χ0n) is 11.4. The van der Waals surface area contributed by atoms with Gasteiger partial charge in [-0.3, -0.25) is 0 Å². The second-order valence-corrected chi connectivity index (χ2v) is 6.77. The maximum atomic E-state index is 8.86. The second kappa shape index (κ2) is 4.08. The van der Waals surface area contributed by atoms with Gasteiger partial charge in [-0.25, -0.2) is 4.98 Å². The molecule has 0 spiro atoms. The summed E-state index contributed by atoms with van der Waals surface area (Å²) in [6, 6.07) is 2.31. The van der Waals surface area contributed by atoms with E-state index in [2.05, 4.69) is 9.97 Å². The lowest BCUT2D eigenvalue weighted by molar-refractivity contribution is -0.111. The Morgan fingerprint density at radius 2 is 1.80 bits per heavy atom. The van der Waals surface area contributed by atoms with Crippen LogP contribution in [-0.4, -0.2) is 15.6 Å². The zero-order chi connectivity index (χ0) is 13.7. The first-order valence-corrected chi connectivity index (χ1v) is 7.37. The Balaban J connectivity index is 1.60. The van der Waals surface area contributed by atoms with E-state index in [0.717, 1.165) is 37.0 Å². The van der Waals surface area contributed by atoms with Crippen molar-refractivity contribution in [3.05, 3.63) is 11.8 Å². The number of ether oxygens (including phenoxy) is 1. The number of anilines is 1. The molecule has 4 aliphatic rings. The van der Waals surface area contributed by atoms with Crippen LogP contribution in [0.5, 0.6) is 6.01 Å². The monoisotopic (exact) mass is 270 g/mol. The van der Waals surface area contributed by atoms with Gasteiger partial charge in [0, 0.05) is 0 Å². The fourth-order valence-corrected chi connectivity index (χ4v) is 4.86. The van der Waals surface area contributed by atoms with Gasteiger partial charge in [-0.1, -0.05) is 0 Å². The summed E-state index contributed by atoms with van der Waals surface area (Å²) in [5.74, 6) is 2.66. The highest BCUT2D eigenvalue weighted by atomic mass is 16.5. The van der Waals surface area contributed by atoms with Crippen molar-refractivity contribution >= 4 is 5.82 Å². The van der Waals surface area contributed by atoms with Crippen LogP contribution >= 0.6 is 0 Å². The molecule has 104 valence electrons. The molecule has 4 bridgehead atoms. The average Bonchev–Trinajstić information content (AvgIpc) is 2.36. The van der Waals surface area contributed by atoms with Crippen molar-refractivity contribution in [1.29, 1.82) is 5.26 Å². The van der Waals surface area contributed by atoms with Crippen LogP contribution < -0.4 is 10.5 Å². The number of rotatable bonds is 2. The van der Waals surface area contributed by atoms with Crippen LogP contribution in [-0.2, 0) is 0 Å². The lowest BCUT2D eigenvalue weighted by Gasteiger charge is -2.55. The Bertz CT molecular complexity index is 557. The van der Waals surface area contributed by atoms with E-state index in [1.54, 1.807) is 0 Å². The predicted octanol–water partition coefficient (Wildman–Crippen LogP) is 2.28. The largest absolute Gasteiger partial charge is 0.457 e. The molecular formula is C15H18N4O. The quantitative estimate of drug-likeness (QED) is 0.891. The summed E-state index contributed by atoms with van der Waals surface area (Å²) in [6.07, 6.45) is 8.96. The first-order chi connectivity index (χ1) is 9.66. The van der Waals surface area contributed by atoms with Gasteiger partial charge in [-0.15, -0.1) is 0 Å². The Labute approximate surface area is 118 Å². The van der Waals surface area contributed by atoms with Crippen LogP contribution in [0.3, 0.4) is 0 Å². The van der Waals surface area contributed by atoms with Crippen molar-refractivity contribution in [3.63, 3.8) is 0 Å². The van der Waals surface area contributed by atoms with Gasteiger partial charge in [0.1, 0.15) is 23.1 Å². The predicted molar refractivity (Wildman–Crippen MR) is 72.7 cm³/mol. The number of nitrogens with zero attached hydrogens (tertiary/aromatic N) is 3. The number of nitriles is 1. The van der Waals surface area contributed by atoms with E-state index >= 15 is 0 Å². The summed E-state index contributed by atoms with van der Waals surface area (Å²) in [7, 11) is 0. The minimum Gasteiger partial charge on any atom is -0.457 e. The van der Waals surface area contributed by atoms with E-state index in [4.69, 9.17) is 15.7 Å². The molecule has 0 aliphatic heterocycles. The molecule has 5 rings (SSSR count). The zero-order valence-corrected chi connectivity index (χ0v) is 11.4. The Hall–Kier alpha value is -1.83. The summed E-state index contributed by atoms with van der Waals surface area (Å²) in [5.41, 5.74) is 5.98. The highest BCUT2D eigenvalue weighted by molar-refractivity contribution is 5.46. The van der Waals surface area contributed by atoms with Gasteiger partial charge >= 0.3 is 6.01 Å². The van der Waals surface area contributed by atoms with E-state index in [1.807, 2.05) is 6.07 Å². The fourth-order valence-electron chi connectivity index (χ4n) is 4.86. The van der Waals surface area contributed by atoms with Crippen LogP contribution in [0.25, 0.3) is 0 Å². The van der Waals surface area contributed by atoms with Gasteiger partial charge in [0.2, 0.25) is 0 Å². The van der Waals surface area contributed by atoms with E-state index in [0.29, 0.717) is 11.6 Å². The van der Waals surface area contributed by atoms with Gasteiger partial charge in [0.15, 0.2) is 0 Å². The summed E-state index contributed by atoms with van der Waals surface area (Å²) in [4.78, 5) is 8.29. The lowest BCUT2D eigenvalue weighted by Crippen LogP contribution is -2.53. The number of hydrogen-bond acceptors (Lipinski definition) is 5. The van der Waals surface area contributed by atoms with Crippen LogP contribution in [0.2, 0.25) is 0 Å². The molecule has 1 aromatic rings. The number of nitrogens with two attached hydrogens (primary N) is 1.